The van der Waals surface area contributed by atoms with E-state index in [1.165, 1.54) is 72.3 Å². The number of nitrogens with zero attached hydrogens (tertiary/aromatic N) is 1. The van der Waals surface area contributed by atoms with Gasteiger partial charge in [-0.2, -0.15) is 0 Å². The molecule has 276 valence electrons. The Morgan fingerprint density at radius 1 is 0.339 bits per heavy atom. The Morgan fingerprint density at radius 3 is 1.34 bits per heavy atom. The van der Waals surface area contributed by atoms with Crippen LogP contribution in [0.2, 0.25) is 0 Å². The molecule has 0 bridgehead atoms. The zero-order chi connectivity index (χ0) is 38.9. The molecule has 0 fully saturated rings. The lowest BCUT2D eigenvalue weighted by Crippen LogP contribution is -2.26. The van der Waals surface area contributed by atoms with Gasteiger partial charge in [0.15, 0.2) is 0 Å². The highest BCUT2D eigenvalue weighted by Gasteiger charge is 2.51. The van der Waals surface area contributed by atoms with Crippen LogP contribution >= 0.6 is 0 Å². The van der Waals surface area contributed by atoms with Crippen molar-refractivity contribution in [1.82, 2.24) is 0 Å². The van der Waals surface area contributed by atoms with Gasteiger partial charge in [0.25, 0.3) is 0 Å². The normalized spacial score (nSPS) is 14.5. The number of anilines is 3. The van der Waals surface area contributed by atoms with E-state index in [9.17, 15) is 0 Å². The van der Waals surface area contributed by atoms with E-state index in [1.807, 2.05) is 0 Å². The number of fused-ring (bicyclic) bond motifs is 16. The summed E-state index contributed by atoms with van der Waals surface area (Å²) in [5.74, 6) is 0. The van der Waals surface area contributed by atoms with E-state index in [2.05, 4.69) is 218 Å². The Bertz CT molecular complexity index is 3260. The minimum absolute atomic E-state index is 0.298. The molecule has 13 rings (SSSR count). The highest BCUT2D eigenvalue weighted by molar-refractivity contribution is 6.07. The van der Waals surface area contributed by atoms with Gasteiger partial charge in [-0.15, -0.1) is 0 Å². The van der Waals surface area contributed by atoms with Crippen molar-refractivity contribution in [3.05, 3.63) is 245 Å². The molecule has 59 heavy (non-hydrogen) atoms. The number of hydrogen-bond acceptors (Lipinski definition) is 2. The van der Waals surface area contributed by atoms with E-state index < -0.39 is 5.41 Å². The van der Waals surface area contributed by atoms with E-state index in [1.54, 1.807) is 0 Å². The molecule has 0 N–H and O–H groups in total. The summed E-state index contributed by atoms with van der Waals surface area (Å²) in [4.78, 5) is 2.41. The molecule has 2 nitrogen and oxygen atoms in total. The van der Waals surface area contributed by atoms with Gasteiger partial charge in [-0.05, 0) is 134 Å². The van der Waals surface area contributed by atoms with Crippen LogP contribution in [0.15, 0.2) is 211 Å². The largest absolute Gasteiger partial charge is 0.456 e. The summed E-state index contributed by atoms with van der Waals surface area (Å²) in [5, 5.41) is 2.23. The summed E-state index contributed by atoms with van der Waals surface area (Å²) in [6, 6.07) is 76.2. The number of benzene rings is 9. The van der Waals surface area contributed by atoms with E-state index in [0.717, 1.165) is 39.0 Å². The molecule has 1 heterocycles. The summed E-state index contributed by atoms with van der Waals surface area (Å²) in [6.07, 6.45) is 0. The van der Waals surface area contributed by atoms with Gasteiger partial charge < -0.3 is 9.32 Å². The molecule has 0 atom stereocenters. The standard InChI is InChI=1S/C57H37NO/c1-56(48-22-10-5-17-40(48)41-18-6-11-23-49(41)56)36-27-31-54-46(33-36)47-34-38(29-32-55(47)59-54)58(37-15-3-2-4-16-37)39-28-30-45-44-21-9-14-26-52(44)57(53(45)35-39)50-24-12-7-19-42(50)43-20-8-13-25-51(43)57/h2-35H,1H3. The van der Waals surface area contributed by atoms with E-state index >= 15 is 0 Å². The molecule has 0 unspecified atom stereocenters. The third-order valence-corrected chi connectivity index (χ3v) is 13.8. The van der Waals surface area contributed by atoms with Crippen LogP contribution < -0.4 is 4.90 Å². The minimum atomic E-state index is -0.424. The summed E-state index contributed by atoms with van der Waals surface area (Å²) in [7, 11) is 0. The molecule has 10 aromatic rings. The third kappa shape index (κ3) is 4.20. The Hall–Kier alpha value is -7.42. The maximum atomic E-state index is 6.60. The van der Waals surface area contributed by atoms with Crippen molar-refractivity contribution in [2.45, 2.75) is 17.8 Å². The molecule has 0 saturated heterocycles. The lowest BCUT2D eigenvalue weighted by molar-refractivity contribution is 0.667. The Labute approximate surface area is 343 Å². The third-order valence-electron chi connectivity index (χ3n) is 13.8. The van der Waals surface area contributed by atoms with Gasteiger partial charge in [-0.25, -0.2) is 0 Å². The highest BCUT2D eigenvalue weighted by atomic mass is 16.3. The van der Waals surface area contributed by atoms with Gasteiger partial charge in [0.2, 0.25) is 0 Å². The highest BCUT2D eigenvalue weighted by Crippen LogP contribution is 2.63. The van der Waals surface area contributed by atoms with Crippen molar-refractivity contribution in [2.75, 3.05) is 4.90 Å². The maximum absolute atomic E-state index is 6.60. The van der Waals surface area contributed by atoms with Gasteiger partial charge in [0.1, 0.15) is 11.2 Å². The zero-order valence-corrected chi connectivity index (χ0v) is 32.5. The van der Waals surface area contributed by atoms with Crippen LogP contribution in [0.4, 0.5) is 17.1 Å². The topological polar surface area (TPSA) is 16.4 Å². The van der Waals surface area contributed by atoms with Crippen molar-refractivity contribution >= 4 is 39.0 Å². The summed E-state index contributed by atoms with van der Waals surface area (Å²) in [5.41, 5.74) is 21.5. The molecule has 3 aliphatic carbocycles. The molecule has 0 aliphatic heterocycles. The average molecular weight is 752 g/mol. The van der Waals surface area contributed by atoms with E-state index in [4.69, 9.17) is 4.42 Å². The first-order valence-corrected chi connectivity index (χ1v) is 20.6. The smallest absolute Gasteiger partial charge is 0.135 e. The molecule has 9 aromatic carbocycles. The molecule has 0 amide bonds. The van der Waals surface area contributed by atoms with Crippen LogP contribution in [0.3, 0.4) is 0 Å². The van der Waals surface area contributed by atoms with Crippen molar-refractivity contribution in [1.29, 1.82) is 0 Å². The lowest BCUT2D eigenvalue weighted by Gasteiger charge is -2.32. The molecule has 1 aromatic heterocycles. The first kappa shape index (κ1) is 32.6. The molecular weight excluding hydrogens is 715 g/mol. The summed E-state index contributed by atoms with van der Waals surface area (Å²) < 4.78 is 6.60. The number of rotatable bonds is 4. The molecule has 0 radical (unpaired) electrons. The Kier molecular flexibility index (Phi) is 6.54. The van der Waals surface area contributed by atoms with Crippen molar-refractivity contribution in [2.24, 2.45) is 0 Å². The molecule has 3 aliphatic rings. The van der Waals surface area contributed by atoms with Crippen LogP contribution in [0.1, 0.15) is 45.9 Å². The summed E-state index contributed by atoms with van der Waals surface area (Å²) in [6.45, 7) is 2.38. The van der Waals surface area contributed by atoms with Crippen LogP contribution in [0.5, 0.6) is 0 Å². The number of hydrogen-bond donors (Lipinski definition) is 0. The minimum Gasteiger partial charge on any atom is -0.456 e. The van der Waals surface area contributed by atoms with Crippen LogP contribution in [0, 0.1) is 0 Å². The van der Waals surface area contributed by atoms with Crippen molar-refractivity contribution < 1.29 is 4.42 Å². The monoisotopic (exact) mass is 751 g/mol. The second kappa shape index (κ2) is 11.8. The van der Waals surface area contributed by atoms with Crippen molar-refractivity contribution in [3.63, 3.8) is 0 Å². The maximum Gasteiger partial charge on any atom is 0.135 e. The van der Waals surface area contributed by atoms with Gasteiger partial charge in [-0.3, -0.25) is 0 Å². The van der Waals surface area contributed by atoms with Crippen LogP contribution in [0.25, 0.3) is 55.3 Å². The second-order valence-corrected chi connectivity index (χ2v) is 16.5. The Balaban J connectivity index is 1.02. The molecule has 1 spiro atoms. The number of furan rings is 1. The SMILES string of the molecule is CC1(c2ccc3oc4ccc(N(c5ccccc5)c5ccc6c(c5)C5(c7ccccc7-c7ccccc75)c5ccccc5-6)cc4c3c2)c2ccccc2-c2ccccc21. The lowest BCUT2D eigenvalue weighted by atomic mass is 9.70. The predicted molar refractivity (Wildman–Crippen MR) is 242 cm³/mol. The van der Waals surface area contributed by atoms with E-state index in [0.29, 0.717) is 0 Å². The molecule has 0 saturated carbocycles. The molecule has 2 heteroatoms. The Morgan fingerprint density at radius 2 is 0.763 bits per heavy atom. The molecular formula is C57H37NO. The quantitative estimate of drug-likeness (QED) is 0.178. The fraction of sp³-hybridized carbons (Fsp3) is 0.0526. The van der Waals surface area contributed by atoms with Crippen LogP contribution in [-0.2, 0) is 10.8 Å². The van der Waals surface area contributed by atoms with Gasteiger partial charge in [0, 0.05) is 33.2 Å². The first-order valence-electron chi connectivity index (χ1n) is 20.6. The van der Waals surface area contributed by atoms with E-state index in [-0.39, 0.29) is 5.41 Å². The first-order chi connectivity index (χ1) is 29.1. The van der Waals surface area contributed by atoms with Gasteiger partial charge in [-0.1, -0.05) is 152 Å². The van der Waals surface area contributed by atoms with Crippen LogP contribution in [-0.4, -0.2) is 0 Å². The predicted octanol–water partition coefficient (Wildman–Crippen LogP) is 14.7. The van der Waals surface area contributed by atoms with Gasteiger partial charge >= 0.3 is 0 Å². The van der Waals surface area contributed by atoms with Gasteiger partial charge in [0.05, 0.1) is 5.41 Å². The fourth-order valence-electron chi connectivity index (χ4n) is 11.2. The second-order valence-electron chi connectivity index (χ2n) is 16.5. The average Bonchev–Trinajstić information content (AvgIpc) is 3.99. The zero-order valence-electron chi connectivity index (χ0n) is 32.5. The summed E-state index contributed by atoms with van der Waals surface area (Å²) >= 11 is 0. The van der Waals surface area contributed by atoms with Crippen molar-refractivity contribution in [3.8, 4) is 33.4 Å². The number of para-hydroxylation sites is 1. The fourth-order valence-corrected chi connectivity index (χ4v) is 11.2.